The standard InChI is InChI=1S/C14H18BrN3O/c1-3-16-9-13-6-7-18(17-13)10-11-8-12(15)4-5-14(11)19-2/h4-8,16H,3,9-10H2,1-2H3. The fraction of sp³-hybridized carbons (Fsp3) is 0.357. The summed E-state index contributed by atoms with van der Waals surface area (Å²) >= 11 is 3.48. The molecule has 102 valence electrons. The van der Waals surface area contributed by atoms with Crippen LogP contribution in [-0.2, 0) is 13.1 Å². The third-order valence-corrected chi connectivity index (χ3v) is 3.32. The lowest BCUT2D eigenvalue weighted by molar-refractivity contribution is 0.407. The second kappa shape index (κ2) is 6.73. The summed E-state index contributed by atoms with van der Waals surface area (Å²) in [5, 5.41) is 7.80. The molecule has 1 aromatic heterocycles. The van der Waals surface area contributed by atoms with E-state index in [9.17, 15) is 0 Å². The molecule has 0 radical (unpaired) electrons. The Hall–Kier alpha value is -1.33. The van der Waals surface area contributed by atoms with E-state index in [1.54, 1.807) is 7.11 Å². The highest BCUT2D eigenvalue weighted by atomic mass is 79.9. The van der Waals surface area contributed by atoms with Crippen LogP contribution in [0.3, 0.4) is 0 Å². The number of rotatable bonds is 6. The van der Waals surface area contributed by atoms with E-state index in [1.165, 1.54) is 0 Å². The van der Waals surface area contributed by atoms with Crippen molar-refractivity contribution in [2.45, 2.75) is 20.0 Å². The van der Waals surface area contributed by atoms with Crippen LogP contribution in [0.2, 0.25) is 0 Å². The van der Waals surface area contributed by atoms with E-state index in [4.69, 9.17) is 4.74 Å². The van der Waals surface area contributed by atoms with Gasteiger partial charge in [-0.3, -0.25) is 4.68 Å². The molecule has 0 aliphatic rings. The number of ether oxygens (including phenoxy) is 1. The van der Waals surface area contributed by atoms with Crippen molar-refractivity contribution in [3.63, 3.8) is 0 Å². The summed E-state index contributed by atoms with van der Waals surface area (Å²) in [7, 11) is 1.69. The maximum Gasteiger partial charge on any atom is 0.124 e. The molecule has 19 heavy (non-hydrogen) atoms. The maximum absolute atomic E-state index is 5.37. The first-order valence-corrected chi connectivity index (χ1v) is 7.07. The first kappa shape index (κ1) is 14.1. The predicted molar refractivity (Wildman–Crippen MR) is 79.4 cm³/mol. The van der Waals surface area contributed by atoms with Crippen LogP contribution >= 0.6 is 15.9 Å². The van der Waals surface area contributed by atoms with Gasteiger partial charge in [-0.25, -0.2) is 0 Å². The highest BCUT2D eigenvalue weighted by Crippen LogP contribution is 2.23. The lowest BCUT2D eigenvalue weighted by Gasteiger charge is -2.09. The fourth-order valence-electron chi connectivity index (χ4n) is 1.88. The fourth-order valence-corrected chi connectivity index (χ4v) is 2.29. The normalized spacial score (nSPS) is 10.7. The zero-order chi connectivity index (χ0) is 13.7. The van der Waals surface area contributed by atoms with Crippen molar-refractivity contribution in [2.75, 3.05) is 13.7 Å². The molecular weight excluding hydrogens is 306 g/mol. The van der Waals surface area contributed by atoms with Crippen molar-refractivity contribution in [1.29, 1.82) is 0 Å². The molecule has 1 heterocycles. The van der Waals surface area contributed by atoms with Crippen LogP contribution in [0.15, 0.2) is 34.9 Å². The van der Waals surface area contributed by atoms with Crippen LogP contribution in [0, 0.1) is 0 Å². The third-order valence-electron chi connectivity index (χ3n) is 2.83. The van der Waals surface area contributed by atoms with E-state index in [-0.39, 0.29) is 0 Å². The van der Waals surface area contributed by atoms with Gasteiger partial charge in [0.05, 0.1) is 19.3 Å². The largest absolute Gasteiger partial charge is 0.496 e. The van der Waals surface area contributed by atoms with E-state index in [2.05, 4.69) is 39.3 Å². The summed E-state index contributed by atoms with van der Waals surface area (Å²) in [6.07, 6.45) is 1.99. The number of nitrogens with zero attached hydrogens (tertiary/aromatic N) is 2. The molecule has 4 nitrogen and oxygen atoms in total. The SMILES string of the molecule is CCNCc1ccn(Cc2cc(Br)ccc2OC)n1. The second-order valence-electron chi connectivity index (χ2n) is 4.24. The molecule has 2 rings (SSSR count). The predicted octanol–water partition coefficient (Wildman–Crippen LogP) is 2.81. The van der Waals surface area contributed by atoms with Gasteiger partial charge in [-0.05, 0) is 30.8 Å². The quantitative estimate of drug-likeness (QED) is 0.888. The Morgan fingerprint density at radius 1 is 1.37 bits per heavy atom. The van der Waals surface area contributed by atoms with Gasteiger partial charge in [0.25, 0.3) is 0 Å². The second-order valence-corrected chi connectivity index (χ2v) is 5.16. The summed E-state index contributed by atoms with van der Waals surface area (Å²) in [5.41, 5.74) is 2.16. The molecule has 0 unspecified atom stereocenters. The smallest absolute Gasteiger partial charge is 0.124 e. The highest BCUT2D eigenvalue weighted by Gasteiger charge is 2.06. The van der Waals surface area contributed by atoms with Crippen LogP contribution in [0.1, 0.15) is 18.2 Å². The summed E-state index contributed by atoms with van der Waals surface area (Å²) in [6.45, 7) is 4.55. The first-order valence-electron chi connectivity index (χ1n) is 6.28. The number of benzene rings is 1. The molecule has 5 heteroatoms. The van der Waals surface area contributed by atoms with Crippen molar-refractivity contribution in [2.24, 2.45) is 0 Å². The summed E-state index contributed by atoms with van der Waals surface area (Å²) in [6, 6.07) is 8.03. The number of hydrogen-bond donors (Lipinski definition) is 1. The first-order chi connectivity index (χ1) is 9.22. The molecule has 0 bridgehead atoms. The van der Waals surface area contributed by atoms with Crippen molar-refractivity contribution in [1.82, 2.24) is 15.1 Å². The Bertz CT molecular complexity index is 539. The Morgan fingerprint density at radius 2 is 2.21 bits per heavy atom. The molecule has 1 aromatic carbocycles. The average Bonchev–Trinajstić information content (AvgIpc) is 2.84. The number of methoxy groups -OCH3 is 1. The maximum atomic E-state index is 5.37. The average molecular weight is 324 g/mol. The van der Waals surface area contributed by atoms with E-state index in [1.807, 2.05) is 29.1 Å². The van der Waals surface area contributed by atoms with Crippen LogP contribution in [0.4, 0.5) is 0 Å². The van der Waals surface area contributed by atoms with Crippen molar-refractivity contribution in [3.8, 4) is 5.75 Å². The molecule has 0 aliphatic carbocycles. The zero-order valence-corrected chi connectivity index (χ0v) is 12.8. The number of hydrogen-bond acceptors (Lipinski definition) is 3. The Kier molecular flexibility index (Phi) is 4.99. The van der Waals surface area contributed by atoms with Crippen molar-refractivity contribution in [3.05, 3.63) is 46.2 Å². The van der Waals surface area contributed by atoms with Gasteiger partial charge in [-0.15, -0.1) is 0 Å². The Balaban J connectivity index is 2.12. The topological polar surface area (TPSA) is 39.1 Å². The molecular formula is C14H18BrN3O. The molecule has 0 spiro atoms. The van der Waals surface area contributed by atoms with Crippen LogP contribution in [0.5, 0.6) is 5.75 Å². The number of nitrogens with one attached hydrogen (secondary N) is 1. The summed E-state index contributed by atoms with van der Waals surface area (Å²) in [4.78, 5) is 0. The minimum absolute atomic E-state index is 0.703. The molecule has 0 saturated heterocycles. The Morgan fingerprint density at radius 3 is 2.95 bits per heavy atom. The lowest BCUT2D eigenvalue weighted by Crippen LogP contribution is -2.12. The molecule has 1 N–H and O–H groups in total. The van der Waals surface area contributed by atoms with Crippen LogP contribution < -0.4 is 10.1 Å². The molecule has 0 atom stereocenters. The van der Waals surface area contributed by atoms with Gasteiger partial charge >= 0.3 is 0 Å². The molecule has 2 aromatic rings. The summed E-state index contributed by atoms with van der Waals surface area (Å²) in [5.74, 6) is 0.881. The minimum atomic E-state index is 0.703. The molecule has 0 aliphatic heterocycles. The van der Waals surface area contributed by atoms with Crippen molar-refractivity contribution < 1.29 is 4.74 Å². The van der Waals surface area contributed by atoms with E-state index < -0.39 is 0 Å². The van der Waals surface area contributed by atoms with Gasteiger partial charge in [0.1, 0.15) is 5.75 Å². The molecule has 0 saturated carbocycles. The van der Waals surface area contributed by atoms with Gasteiger partial charge < -0.3 is 10.1 Å². The molecule has 0 amide bonds. The Labute approximate surface area is 121 Å². The van der Waals surface area contributed by atoms with Crippen LogP contribution in [-0.4, -0.2) is 23.4 Å². The van der Waals surface area contributed by atoms with Gasteiger partial charge in [0.2, 0.25) is 0 Å². The van der Waals surface area contributed by atoms with Crippen LogP contribution in [0.25, 0.3) is 0 Å². The van der Waals surface area contributed by atoms with Gasteiger partial charge in [-0.2, -0.15) is 5.10 Å². The summed E-state index contributed by atoms with van der Waals surface area (Å²) < 4.78 is 8.34. The van der Waals surface area contributed by atoms with E-state index in [0.717, 1.165) is 34.6 Å². The monoisotopic (exact) mass is 323 g/mol. The minimum Gasteiger partial charge on any atom is -0.496 e. The van der Waals surface area contributed by atoms with E-state index in [0.29, 0.717) is 6.54 Å². The van der Waals surface area contributed by atoms with E-state index >= 15 is 0 Å². The highest BCUT2D eigenvalue weighted by molar-refractivity contribution is 9.10. The number of aromatic nitrogens is 2. The van der Waals surface area contributed by atoms with Gasteiger partial charge in [0, 0.05) is 22.8 Å². The lowest BCUT2D eigenvalue weighted by atomic mass is 10.2. The molecule has 0 fully saturated rings. The van der Waals surface area contributed by atoms with Gasteiger partial charge in [0.15, 0.2) is 0 Å². The third kappa shape index (κ3) is 3.81. The number of halogens is 1. The zero-order valence-electron chi connectivity index (χ0n) is 11.2. The van der Waals surface area contributed by atoms with Crippen molar-refractivity contribution >= 4 is 15.9 Å². The van der Waals surface area contributed by atoms with Gasteiger partial charge in [-0.1, -0.05) is 22.9 Å².